The first-order valence-corrected chi connectivity index (χ1v) is 11.5. The summed E-state index contributed by atoms with van der Waals surface area (Å²) in [5, 5.41) is 12.2. The molecule has 0 spiro atoms. The third-order valence-corrected chi connectivity index (χ3v) is 5.32. The summed E-state index contributed by atoms with van der Waals surface area (Å²) in [7, 11) is 0. The highest BCUT2D eigenvalue weighted by Crippen LogP contribution is 2.23. The van der Waals surface area contributed by atoms with E-state index >= 15 is 0 Å². The minimum absolute atomic E-state index is 0.0959. The number of halogens is 1. The van der Waals surface area contributed by atoms with E-state index < -0.39 is 0 Å². The van der Waals surface area contributed by atoms with E-state index in [0.29, 0.717) is 23.9 Å². The van der Waals surface area contributed by atoms with Crippen LogP contribution >= 0.6 is 0 Å². The molecule has 4 rings (SSSR count). The Morgan fingerprint density at radius 3 is 2.83 bits per heavy atom. The normalized spacial score (nSPS) is 15.5. The molecule has 0 radical (unpaired) electrons. The van der Waals surface area contributed by atoms with Gasteiger partial charge in [-0.25, -0.2) is 9.37 Å². The number of ether oxygens (including phenoxy) is 1. The third-order valence-electron chi connectivity index (χ3n) is 5.32. The lowest BCUT2D eigenvalue weighted by molar-refractivity contribution is 0.0958. The monoisotopic (exact) mass is 477 g/mol. The molecule has 182 valence electrons. The first kappa shape index (κ1) is 24.1. The molecule has 3 heterocycles. The van der Waals surface area contributed by atoms with Gasteiger partial charge < -0.3 is 26.0 Å². The molecular weight excluding hydrogens is 449 g/mol. The Morgan fingerprint density at radius 2 is 2.00 bits per heavy atom. The lowest BCUT2D eigenvalue weighted by atomic mass is 10.2. The van der Waals surface area contributed by atoms with Gasteiger partial charge in [-0.05, 0) is 62.7 Å². The van der Waals surface area contributed by atoms with Gasteiger partial charge in [0.25, 0.3) is 5.91 Å². The van der Waals surface area contributed by atoms with Crippen LogP contribution in [0.1, 0.15) is 29.6 Å². The molecule has 0 saturated carbocycles. The molecule has 1 saturated heterocycles. The number of rotatable bonds is 9. The van der Waals surface area contributed by atoms with Gasteiger partial charge in [0, 0.05) is 24.5 Å². The Balaban J connectivity index is 1.56. The molecule has 1 fully saturated rings. The second-order valence-corrected chi connectivity index (χ2v) is 7.99. The van der Waals surface area contributed by atoms with Crippen molar-refractivity contribution in [3.05, 3.63) is 72.7 Å². The largest absolute Gasteiger partial charge is 0.474 e. The van der Waals surface area contributed by atoms with Crippen molar-refractivity contribution >= 4 is 29.2 Å². The van der Waals surface area contributed by atoms with Crippen LogP contribution in [0.15, 0.2) is 61.3 Å². The first-order chi connectivity index (χ1) is 17.1. The molecule has 4 N–H and O–H groups in total. The van der Waals surface area contributed by atoms with Gasteiger partial charge >= 0.3 is 0 Å². The number of nitrogens with zero attached hydrogens (tertiary/aromatic N) is 3. The van der Waals surface area contributed by atoms with E-state index in [9.17, 15) is 9.18 Å². The minimum Gasteiger partial charge on any atom is -0.474 e. The molecule has 1 atom stereocenters. The van der Waals surface area contributed by atoms with Crippen molar-refractivity contribution in [1.82, 2.24) is 25.6 Å². The fourth-order valence-electron chi connectivity index (χ4n) is 3.57. The molecule has 1 amide bonds. The summed E-state index contributed by atoms with van der Waals surface area (Å²) in [6.07, 6.45) is 6.02. The van der Waals surface area contributed by atoms with Crippen molar-refractivity contribution in [3.63, 3.8) is 0 Å². The predicted octanol–water partition coefficient (Wildman–Crippen LogP) is 3.93. The van der Waals surface area contributed by atoms with Gasteiger partial charge in [-0.1, -0.05) is 12.1 Å². The van der Waals surface area contributed by atoms with E-state index in [1.165, 1.54) is 18.3 Å². The topological polar surface area (TPSA) is 113 Å². The van der Waals surface area contributed by atoms with Crippen LogP contribution in [0.3, 0.4) is 0 Å². The fourth-order valence-corrected chi connectivity index (χ4v) is 3.57. The minimum atomic E-state index is -0.362. The van der Waals surface area contributed by atoms with Gasteiger partial charge in [0.2, 0.25) is 11.8 Å². The van der Waals surface area contributed by atoms with Crippen LogP contribution in [0.5, 0.6) is 5.88 Å². The Bertz CT molecular complexity index is 1150. The standard InChI is InChI=1S/C25H28FN7O2/c1-2-13-28-24(34)20-16-29-25(30-18-10-8-17(26)9-11-18)33-23(20)32-21-6-3-7-22(31-21)35-19-5-4-14-27-15-12-19/h2-3,6-11,16,19,27H,1,4-5,12-15H2,(H,28,34)(H2,29,30,31,32,33). The van der Waals surface area contributed by atoms with E-state index in [1.54, 1.807) is 24.3 Å². The lowest BCUT2D eigenvalue weighted by Crippen LogP contribution is -2.25. The van der Waals surface area contributed by atoms with E-state index in [4.69, 9.17) is 4.74 Å². The summed E-state index contributed by atoms with van der Waals surface area (Å²) in [5.74, 6) is 0.754. The van der Waals surface area contributed by atoms with E-state index in [1.807, 2.05) is 12.1 Å². The Kier molecular flexibility index (Phi) is 8.18. The quantitative estimate of drug-likeness (QED) is 0.343. The van der Waals surface area contributed by atoms with E-state index in [-0.39, 0.29) is 35.2 Å². The summed E-state index contributed by atoms with van der Waals surface area (Å²) in [5.41, 5.74) is 0.840. The number of anilines is 4. The van der Waals surface area contributed by atoms with Crippen LogP contribution in [0.4, 0.5) is 27.7 Å². The smallest absolute Gasteiger partial charge is 0.256 e. The maximum Gasteiger partial charge on any atom is 0.256 e. The molecule has 2 aromatic heterocycles. The van der Waals surface area contributed by atoms with Crippen molar-refractivity contribution in [2.75, 3.05) is 30.3 Å². The zero-order valence-electron chi connectivity index (χ0n) is 19.3. The molecule has 1 aliphatic heterocycles. The lowest BCUT2D eigenvalue weighted by Gasteiger charge is -2.17. The van der Waals surface area contributed by atoms with E-state index in [0.717, 1.165) is 32.4 Å². The van der Waals surface area contributed by atoms with Crippen LogP contribution < -0.4 is 26.0 Å². The highest BCUT2D eigenvalue weighted by atomic mass is 19.1. The van der Waals surface area contributed by atoms with Crippen LogP contribution in [0.25, 0.3) is 0 Å². The first-order valence-electron chi connectivity index (χ1n) is 11.5. The van der Waals surface area contributed by atoms with Crippen LogP contribution in [-0.4, -0.2) is 46.6 Å². The molecule has 10 heteroatoms. The summed E-state index contributed by atoms with van der Waals surface area (Å²) in [6.45, 7) is 5.83. The number of hydrogen-bond acceptors (Lipinski definition) is 8. The molecule has 1 aliphatic rings. The second kappa shape index (κ2) is 11.9. The number of nitrogens with one attached hydrogen (secondary N) is 4. The zero-order valence-corrected chi connectivity index (χ0v) is 19.3. The van der Waals surface area contributed by atoms with Crippen molar-refractivity contribution in [2.45, 2.75) is 25.4 Å². The summed E-state index contributed by atoms with van der Waals surface area (Å²) in [4.78, 5) is 26.0. The maximum atomic E-state index is 13.2. The van der Waals surface area contributed by atoms with Crippen molar-refractivity contribution < 1.29 is 13.9 Å². The molecule has 35 heavy (non-hydrogen) atoms. The van der Waals surface area contributed by atoms with Crippen molar-refractivity contribution in [3.8, 4) is 5.88 Å². The maximum absolute atomic E-state index is 13.2. The molecule has 3 aromatic rings. The fraction of sp³-hybridized carbons (Fsp3) is 0.280. The number of benzene rings is 1. The number of hydrogen-bond donors (Lipinski definition) is 4. The van der Waals surface area contributed by atoms with Gasteiger partial charge in [0.05, 0.1) is 0 Å². The van der Waals surface area contributed by atoms with Gasteiger partial charge in [-0.3, -0.25) is 4.79 Å². The average Bonchev–Trinajstić information content (AvgIpc) is 3.13. The van der Waals surface area contributed by atoms with Crippen LogP contribution in [0, 0.1) is 5.82 Å². The Labute approximate surface area is 203 Å². The van der Waals surface area contributed by atoms with Gasteiger partial charge in [0.1, 0.15) is 29.1 Å². The highest BCUT2D eigenvalue weighted by Gasteiger charge is 2.17. The van der Waals surface area contributed by atoms with Crippen molar-refractivity contribution in [1.29, 1.82) is 0 Å². The molecular formula is C25H28FN7O2. The number of carbonyl (C=O) groups excluding carboxylic acids is 1. The average molecular weight is 478 g/mol. The van der Waals surface area contributed by atoms with Gasteiger partial charge in [0.15, 0.2) is 0 Å². The van der Waals surface area contributed by atoms with Gasteiger partial charge in [-0.2, -0.15) is 9.97 Å². The second-order valence-electron chi connectivity index (χ2n) is 7.99. The van der Waals surface area contributed by atoms with Crippen molar-refractivity contribution in [2.24, 2.45) is 0 Å². The number of amides is 1. The zero-order chi connectivity index (χ0) is 24.5. The summed E-state index contributed by atoms with van der Waals surface area (Å²) < 4.78 is 19.3. The summed E-state index contributed by atoms with van der Waals surface area (Å²) in [6, 6.07) is 11.2. The molecule has 1 unspecified atom stereocenters. The number of carbonyl (C=O) groups is 1. The number of pyridine rings is 1. The predicted molar refractivity (Wildman–Crippen MR) is 133 cm³/mol. The van der Waals surface area contributed by atoms with Crippen LogP contribution in [0.2, 0.25) is 0 Å². The molecule has 0 bridgehead atoms. The molecule has 1 aromatic carbocycles. The van der Waals surface area contributed by atoms with Gasteiger partial charge in [-0.15, -0.1) is 6.58 Å². The third kappa shape index (κ3) is 6.97. The SMILES string of the molecule is C=CCNC(=O)c1cnc(Nc2ccc(F)cc2)nc1Nc1cccc(OC2CCCNCC2)n1. The molecule has 9 nitrogen and oxygen atoms in total. The Morgan fingerprint density at radius 1 is 1.14 bits per heavy atom. The van der Waals surface area contributed by atoms with Crippen LogP contribution in [-0.2, 0) is 0 Å². The number of aromatic nitrogens is 3. The highest BCUT2D eigenvalue weighted by molar-refractivity contribution is 5.99. The summed E-state index contributed by atoms with van der Waals surface area (Å²) >= 11 is 0. The van der Waals surface area contributed by atoms with E-state index in [2.05, 4.69) is 42.8 Å². The molecule has 0 aliphatic carbocycles. The Hall–Kier alpha value is -4.05.